The highest BCUT2D eigenvalue weighted by molar-refractivity contribution is 5.22. The average molecular weight is 183 g/mol. The second-order valence-electron chi connectivity index (χ2n) is 3.17. The lowest BCUT2D eigenvalue weighted by Gasteiger charge is -2.00. The van der Waals surface area contributed by atoms with E-state index in [1.54, 1.807) is 6.33 Å². The van der Waals surface area contributed by atoms with Gasteiger partial charge in [-0.05, 0) is 12.8 Å². The predicted octanol–water partition coefficient (Wildman–Crippen LogP) is 1.02. The Balaban J connectivity index is 2.06. The fraction of sp³-hybridized carbons (Fsp3) is 0.667. The molecule has 74 valence electrons. The van der Waals surface area contributed by atoms with Gasteiger partial charge in [0, 0.05) is 19.3 Å². The maximum Gasteiger partial charge on any atom is 0.141 e. The minimum atomic E-state index is 0.304. The topological polar surface area (TPSA) is 64.1 Å². The highest BCUT2D eigenvalue weighted by Gasteiger charge is 1.93. The van der Waals surface area contributed by atoms with Crippen molar-refractivity contribution in [2.45, 2.75) is 32.2 Å². The lowest BCUT2D eigenvalue weighted by Crippen LogP contribution is -1.94. The van der Waals surface area contributed by atoms with Gasteiger partial charge in [-0.2, -0.15) is 0 Å². The minimum absolute atomic E-state index is 0.304. The highest BCUT2D eigenvalue weighted by Crippen LogP contribution is 2.03. The molecular weight excluding hydrogens is 166 g/mol. The Labute approximate surface area is 78.4 Å². The number of nitrogens with zero attached hydrogens (tertiary/aromatic N) is 2. The first kappa shape index (κ1) is 10.1. The predicted molar refractivity (Wildman–Crippen MR) is 52.2 cm³/mol. The summed E-state index contributed by atoms with van der Waals surface area (Å²) in [5, 5.41) is 8.55. The standard InChI is InChI=1S/C9H17N3O/c10-9-7-12(8-11-9)5-3-1-2-4-6-13/h7-8,13H,1-6,10H2. The monoisotopic (exact) mass is 183 g/mol. The molecule has 0 unspecified atom stereocenters. The largest absolute Gasteiger partial charge is 0.396 e. The number of nitrogen functional groups attached to an aromatic ring is 1. The number of aliphatic hydroxyl groups is 1. The van der Waals surface area contributed by atoms with E-state index in [2.05, 4.69) is 4.98 Å². The maximum absolute atomic E-state index is 8.55. The third-order valence-electron chi connectivity index (χ3n) is 1.98. The van der Waals surface area contributed by atoms with Gasteiger partial charge < -0.3 is 15.4 Å². The highest BCUT2D eigenvalue weighted by atomic mass is 16.2. The normalized spacial score (nSPS) is 10.5. The number of imidazole rings is 1. The van der Waals surface area contributed by atoms with Gasteiger partial charge in [0.15, 0.2) is 0 Å². The summed E-state index contributed by atoms with van der Waals surface area (Å²) in [5.74, 6) is 0.579. The van der Waals surface area contributed by atoms with Crippen LogP contribution in [0.3, 0.4) is 0 Å². The van der Waals surface area contributed by atoms with Crippen molar-refractivity contribution in [2.24, 2.45) is 0 Å². The number of aromatic nitrogens is 2. The molecular formula is C9H17N3O. The van der Waals surface area contributed by atoms with Crippen molar-refractivity contribution in [3.05, 3.63) is 12.5 Å². The number of aliphatic hydroxyl groups excluding tert-OH is 1. The maximum atomic E-state index is 8.55. The van der Waals surface area contributed by atoms with Crippen molar-refractivity contribution in [3.63, 3.8) is 0 Å². The van der Waals surface area contributed by atoms with Crippen LogP contribution < -0.4 is 5.73 Å². The summed E-state index contributed by atoms with van der Waals surface area (Å²) < 4.78 is 1.99. The first-order valence-electron chi connectivity index (χ1n) is 4.71. The van der Waals surface area contributed by atoms with E-state index >= 15 is 0 Å². The first-order chi connectivity index (χ1) is 6.33. The van der Waals surface area contributed by atoms with Gasteiger partial charge in [0.25, 0.3) is 0 Å². The van der Waals surface area contributed by atoms with Crippen LogP contribution >= 0.6 is 0 Å². The van der Waals surface area contributed by atoms with Crippen LogP contribution in [0, 0.1) is 0 Å². The van der Waals surface area contributed by atoms with Crippen LogP contribution in [0.2, 0.25) is 0 Å². The SMILES string of the molecule is Nc1cn(CCCCCCO)cn1. The molecule has 4 heteroatoms. The Kier molecular flexibility index (Phi) is 4.32. The molecule has 0 fully saturated rings. The van der Waals surface area contributed by atoms with Gasteiger partial charge in [-0.1, -0.05) is 12.8 Å². The molecule has 0 aliphatic carbocycles. The molecule has 0 amide bonds. The average Bonchev–Trinajstić information content (AvgIpc) is 2.51. The minimum Gasteiger partial charge on any atom is -0.396 e. The van der Waals surface area contributed by atoms with Crippen molar-refractivity contribution in [1.82, 2.24) is 9.55 Å². The van der Waals surface area contributed by atoms with Crippen molar-refractivity contribution < 1.29 is 5.11 Å². The lowest BCUT2D eigenvalue weighted by molar-refractivity contribution is 0.282. The zero-order valence-electron chi connectivity index (χ0n) is 7.82. The molecule has 0 atom stereocenters. The van der Waals surface area contributed by atoms with E-state index < -0.39 is 0 Å². The molecule has 0 bridgehead atoms. The zero-order valence-corrected chi connectivity index (χ0v) is 7.82. The van der Waals surface area contributed by atoms with E-state index in [1.807, 2.05) is 10.8 Å². The molecule has 0 saturated carbocycles. The van der Waals surface area contributed by atoms with Crippen LogP contribution in [0.4, 0.5) is 5.82 Å². The summed E-state index contributed by atoms with van der Waals surface area (Å²) in [6.07, 6.45) is 7.87. The van der Waals surface area contributed by atoms with Crippen LogP contribution in [-0.4, -0.2) is 21.3 Å². The van der Waals surface area contributed by atoms with E-state index in [0.29, 0.717) is 12.4 Å². The Hall–Kier alpha value is -1.03. The van der Waals surface area contributed by atoms with Crippen molar-refractivity contribution in [1.29, 1.82) is 0 Å². The fourth-order valence-electron chi connectivity index (χ4n) is 1.26. The Morgan fingerprint density at radius 3 is 2.69 bits per heavy atom. The summed E-state index contributed by atoms with van der Waals surface area (Å²) in [6, 6.07) is 0. The van der Waals surface area contributed by atoms with Crippen LogP contribution in [0.5, 0.6) is 0 Å². The molecule has 0 radical (unpaired) electrons. The molecule has 0 saturated heterocycles. The van der Waals surface area contributed by atoms with Crippen LogP contribution in [0.1, 0.15) is 25.7 Å². The fourth-order valence-corrected chi connectivity index (χ4v) is 1.26. The van der Waals surface area contributed by atoms with Gasteiger partial charge in [0.2, 0.25) is 0 Å². The lowest BCUT2D eigenvalue weighted by atomic mass is 10.2. The third kappa shape index (κ3) is 3.94. The summed E-state index contributed by atoms with van der Waals surface area (Å²) >= 11 is 0. The quantitative estimate of drug-likeness (QED) is 0.647. The summed E-state index contributed by atoms with van der Waals surface area (Å²) in [6.45, 7) is 1.27. The third-order valence-corrected chi connectivity index (χ3v) is 1.98. The first-order valence-corrected chi connectivity index (χ1v) is 4.71. The summed E-state index contributed by atoms with van der Waals surface area (Å²) in [7, 11) is 0. The molecule has 4 nitrogen and oxygen atoms in total. The van der Waals surface area contributed by atoms with Gasteiger partial charge in [0.1, 0.15) is 5.82 Å². The van der Waals surface area contributed by atoms with Crippen LogP contribution in [0.15, 0.2) is 12.5 Å². The number of nitrogens with two attached hydrogens (primary N) is 1. The van der Waals surface area contributed by atoms with E-state index in [9.17, 15) is 0 Å². The number of unbranched alkanes of at least 4 members (excludes halogenated alkanes) is 3. The molecule has 1 aromatic heterocycles. The molecule has 1 heterocycles. The van der Waals surface area contributed by atoms with Crippen molar-refractivity contribution in [2.75, 3.05) is 12.3 Å². The zero-order chi connectivity index (χ0) is 9.52. The van der Waals surface area contributed by atoms with Crippen LogP contribution in [-0.2, 0) is 6.54 Å². The van der Waals surface area contributed by atoms with Crippen molar-refractivity contribution in [3.8, 4) is 0 Å². The van der Waals surface area contributed by atoms with E-state index in [-0.39, 0.29) is 0 Å². The number of hydrogen-bond acceptors (Lipinski definition) is 3. The van der Waals surface area contributed by atoms with E-state index in [1.165, 1.54) is 0 Å². The van der Waals surface area contributed by atoms with Crippen LogP contribution in [0.25, 0.3) is 0 Å². The van der Waals surface area contributed by atoms with Gasteiger partial charge in [-0.25, -0.2) is 4.98 Å². The molecule has 0 aliphatic rings. The Morgan fingerprint density at radius 2 is 2.08 bits per heavy atom. The van der Waals surface area contributed by atoms with E-state index in [0.717, 1.165) is 32.2 Å². The number of aryl methyl sites for hydroxylation is 1. The molecule has 3 N–H and O–H groups in total. The van der Waals surface area contributed by atoms with Gasteiger partial charge in [-0.15, -0.1) is 0 Å². The van der Waals surface area contributed by atoms with Gasteiger partial charge in [-0.3, -0.25) is 0 Å². The molecule has 0 aromatic carbocycles. The number of anilines is 1. The second-order valence-corrected chi connectivity index (χ2v) is 3.17. The molecule has 0 aliphatic heterocycles. The summed E-state index contributed by atoms with van der Waals surface area (Å²) in [4.78, 5) is 3.93. The van der Waals surface area contributed by atoms with Crippen molar-refractivity contribution >= 4 is 5.82 Å². The van der Waals surface area contributed by atoms with Gasteiger partial charge in [0.05, 0.1) is 6.33 Å². The molecule has 1 rings (SSSR count). The molecule has 0 spiro atoms. The number of hydrogen-bond donors (Lipinski definition) is 2. The Bertz CT molecular complexity index is 235. The molecule has 1 aromatic rings. The Morgan fingerprint density at radius 1 is 1.31 bits per heavy atom. The summed E-state index contributed by atoms with van der Waals surface area (Å²) in [5.41, 5.74) is 5.47. The smallest absolute Gasteiger partial charge is 0.141 e. The molecule has 13 heavy (non-hydrogen) atoms. The van der Waals surface area contributed by atoms with E-state index in [4.69, 9.17) is 10.8 Å². The second kappa shape index (κ2) is 5.59. The number of rotatable bonds is 6. The van der Waals surface area contributed by atoms with Gasteiger partial charge >= 0.3 is 0 Å².